The van der Waals surface area contributed by atoms with E-state index < -0.39 is 40.9 Å². The van der Waals surface area contributed by atoms with Crippen LogP contribution in [0.4, 0.5) is 39.5 Å². The van der Waals surface area contributed by atoms with Gasteiger partial charge in [0.25, 0.3) is 0 Å². The van der Waals surface area contributed by atoms with Crippen LogP contribution in [-0.2, 0) is 18.5 Å². The third-order valence-corrected chi connectivity index (χ3v) is 3.66. The molecule has 134 valence electrons. The lowest BCUT2D eigenvalue weighted by Gasteiger charge is -2.14. The van der Waals surface area contributed by atoms with Gasteiger partial charge in [0, 0.05) is 11.6 Å². The molecular weight excluding hydrogens is 365 g/mol. The molecule has 10 heteroatoms. The lowest BCUT2D eigenvalue weighted by Crippen LogP contribution is -2.20. The topological polar surface area (TPSA) is 4.41 Å². The molecule has 3 aromatic rings. The van der Waals surface area contributed by atoms with Gasteiger partial charge < -0.3 is 4.40 Å². The number of hydrogen-bond donors (Lipinski definition) is 0. The number of alkyl halides is 9. The van der Waals surface area contributed by atoms with Gasteiger partial charge in [-0.05, 0) is 11.5 Å². The number of rotatable bonds is 0. The minimum Gasteiger partial charge on any atom is -0.311 e. The Hall–Kier alpha value is -2.39. The number of nitrogens with zero attached hydrogens (tertiary/aromatic N) is 1. The number of halogens is 9. The third kappa shape index (κ3) is 2.69. The molecule has 0 unspecified atom stereocenters. The summed E-state index contributed by atoms with van der Waals surface area (Å²) < 4.78 is 119. The second-order valence-corrected chi connectivity index (χ2v) is 5.21. The zero-order chi connectivity index (χ0) is 18.8. The number of aromatic nitrogens is 1. The Balaban J connectivity index is 2.69. The van der Waals surface area contributed by atoms with Crippen molar-refractivity contribution in [2.24, 2.45) is 0 Å². The monoisotopic (exact) mass is 371 g/mol. The van der Waals surface area contributed by atoms with E-state index in [-0.39, 0.29) is 15.2 Å². The number of benzene rings is 1. The van der Waals surface area contributed by atoms with Crippen LogP contribution in [0.25, 0.3) is 16.3 Å². The van der Waals surface area contributed by atoms with E-state index in [1.165, 1.54) is 18.2 Å². The average molecular weight is 371 g/mol. The highest BCUT2D eigenvalue weighted by atomic mass is 19.4. The molecule has 2 heterocycles. The summed E-state index contributed by atoms with van der Waals surface area (Å²) in [5.41, 5.74) is -8.65. The van der Waals surface area contributed by atoms with E-state index in [4.69, 9.17) is 0 Å². The summed E-state index contributed by atoms with van der Waals surface area (Å²) in [7, 11) is 0. The van der Waals surface area contributed by atoms with E-state index >= 15 is 0 Å². The number of fused-ring (bicyclic) bond motifs is 3. The van der Waals surface area contributed by atoms with Crippen molar-refractivity contribution < 1.29 is 39.5 Å². The van der Waals surface area contributed by atoms with Gasteiger partial charge in [0.15, 0.2) is 0 Å². The standard InChI is InChI=1S/C15H6F9N/c16-13(17,18)9-10(14(19,20)21)12(15(22,23)24)25-6-5-7-3-1-2-4-8(7)11(9)25/h1-6H. The van der Waals surface area contributed by atoms with Gasteiger partial charge in [0.05, 0.1) is 16.6 Å². The maximum Gasteiger partial charge on any atom is 0.432 e. The van der Waals surface area contributed by atoms with Crippen LogP contribution >= 0.6 is 0 Å². The van der Waals surface area contributed by atoms with Crippen LogP contribution in [0.3, 0.4) is 0 Å². The molecule has 0 spiro atoms. The first kappa shape index (κ1) is 17.4. The van der Waals surface area contributed by atoms with Crippen molar-refractivity contribution in [3.05, 3.63) is 53.3 Å². The molecule has 0 aliphatic rings. The van der Waals surface area contributed by atoms with Crippen LogP contribution in [0.2, 0.25) is 0 Å². The summed E-state index contributed by atoms with van der Waals surface area (Å²) >= 11 is 0. The van der Waals surface area contributed by atoms with Crippen molar-refractivity contribution in [3.63, 3.8) is 0 Å². The van der Waals surface area contributed by atoms with Crippen LogP contribution in [0.5, 0.6) is 0 Å². The van der Waals surface area contributed by atoms with Crippen molar-refractivity contribution >= 4 is 16.3 Å². The molecule has 0 aliphatic carbocycles. The summed E-state index contributed by atoms with van der Waals surface area (Å²) in [4.78, 5) is 0. The van der Waals surface area contributed by atoms with E-state index in [1.54, 1.807) is 0 Å². The van der Waals surface area contributed by atoms with E-state index in [9.17, 15) is 39.5 Å². The van der Waals surface area contributed by atoms with E-state index in [0.717, 1.165) is 12.1 Å². The Kier molecular flexibility index (Phi) is 3.53. The highest BCUT2D eigenvalue weighted by molar-refractivity contribution is 5.98. The van der Waals surface area contributed by atoms with Gasteiger partial charge in [-0.2, -0.15) is 39.5 Å². The zero-order valence-corrected chi connectivity index (χ0v) is 11.8. The quantitative estimate of drug-likeness (QED) is 0.418. The van der Waals surface area contributed by atoms with Gasteiger partial charge in [-0.25, -0.2) is 0 Å². The fourth-order valence-corrected chi connectivity index (χ4v) is 2.85. The van der Waals surface area contributed by atoms with Gasteiger partial charge in [-0.1, -0.05) is 24.3 Å². The first-order chi connectivity index (χ1) is 11.3. The Morgan fingerprint density at radius 2 is 1.20 bits per heavy atom. The Morgan fingerprint density at radius 3 is 1.72 bits per heavy atom. The molecule has 0 amide bonds. The Morgan fingerprint density at radius 1 is 0.640 bits per heavy atom. The number of pyridine rings is 1. The first-order valence-electron chi connectivity index (χ1n) is 6.61. The molecule has 1 nitrogen and oxygen atoms in total. The fraction of sp³-hybridized carbons (Fsp3) is 0.200. The SMILES string of the molecule is FC(F)(F)c1c(C(F)(F)F)c2c3ccccc3ccn2c1C(F)(F)F. The van der Waals surface area contributed by atoms with E-state index in [0.29, 0.717) is 6.20 Å². The Bertz CT molecular complexity index is 957. The second-order valence-electron chi connectivity index (χ2n) is 5.21. The molecule has 0 saturated carbocycles. The molecule has 2 aromatic heterocycles. The molecule has 0 N–H and O–H groups in total. The molecule has 0 saturated heterocycles. The van der Waals surface area contributed by atoms with Crippen LogP contribution in [-0.4, -0.2) is 4.40 Å². The van der Waals surface area contributed by atoms with Crippen molar-refractivity contribution in [2.75, 3.05) is 0 Å². The van der Waals surface area contributed by atoms with Crippen LogP contribution in [0.1, 0.15) is 16.8 Å². The predicted octanol–water partition coefficient (Wildman–Crippen LogP) is 6.15. The normalized spacial score (nSPS) is 13.8. The largest absolute Gasteiger partial charge is 0.432 e. The summed E-state index contributed by atoms with van der Waals surface area (Å²) in [6.45, 7) is 0. The molecule has 0 fully saturated rings. The molecule has 0 aliphatic heterocycles. The van der Waals surface area contributed by atoms with E-state index in [1.807, 2.05) is 0 Å². The van der Waals surface area contributed by atoms with Gasteiger partial charge in [-0.15, -0.1) is 0 Å². The lowest BCUT2D eigenvalue weighted by molar-refractivity contribution is -0.174. The molecule has 0 bridgehead atoms. The summed E-state index contributed by atoms with van der Waals surface area (Å²) in [6, 6.07) is 6.00. The second kappa shape index (κ2) is 5.06. The molecule has 0 atom stereocenters. The molecular formula is C15H6F9N. The van der Waals surface area contributed by atoms with Gasteiger partial charge >= 0.3 is 18.5 Å². The van der Waals surface area contributed by atoms with Crippen molar-refractivity contribution in [2.45, 2.75) is 18.5 Å². The molecule has 25 heavy (non-hydrogen) atoms. The van der Waals surface area contributed by atoms with E-state index in [2.05, 4.69) is 0 Å². The highest BCUT2D eigenvalue weighted by Crippen LogP contribution is 2.50. The zero-order valence-electron chi connectivity index (χ0n) is 11.8. The minimum absolute atomic E-state index is 0.0837. The van der Waals surface area contributed by atoms with Crippen molar-refractivity contribution in [1.82, 2.24) is 4.40 Å². The maximum atomic E-state index is 13.4. The van der Waals surface area contributed by atoms with Crippen LogP contribution < -0.4 is 0 Å². The predicted molar refractivity (Wildman–Crippen MR) is 69.9 cm³/mol. The third-order valence-electron chi connectivity index (χ3n) is 3.66. The highest BCUT2D eigenvalue weighted by Gasteiger charge is 2.54. The summed E-state index contributed by atoms with van der Waals surface area (Å²) in [6.07, 6.45) is -16.6. The van der Waals surface area contributed by atoms with Crippen molar-refractivity contribution in [3.8, 4) is 0 Å². The lowest BCUT2D eigenvalue weighted by atomic mass is 10.0. The minimum atomic E-state index is -5.84. The van der Waals surface area contributed by atoms with Gasteiger partial charge in [0.2, 0.25) is 0 Å². The fourth-order valence-electron chi connectivity index (χ4n) is 2.85. The van der Waals surface area contributed by atoms with Crippen LogP contribution in [0, 0.1) is 0 Å². The van der Waals surface area contributed by atoms with Gasteiger partial charge in [-0.3, -0.25) is 0 Å². The number of hydrogen-bond acceptors (Lipinski definition) is 0. The molecule has 3 rings (SSSR count). The first-order valence-corrected chi connectivity index (χ1v) is 6.61. The van der Waals surface area contributed by atoms with Crippen molar-refractivity contribution in [1.29, 1.82) is 0 Å². The molecule has 0 radical (unpaired) electrons. The van der Waals surface area contributed by atoms with Gasteiger partial charge in [0.1, 0.15) is 5.69 Å². The van der Waals surface area contributed by atoms with Crippen LogP contribution in [0.15, 0.2) is 36.5 Å². The smallest absolute Gasteiger partial charge is 0.311 e. The maximum absolute atomic E-state index is 13.4. The average Bonchev–Trinajstić information content (AvgIpc) is 2.82. The summed E-state index contributed by atoms with van der Waals surface area (Å²) in [5, 5.41) is -0.279. The molecule has 1 aromatic carbocycles. The Labute approximate surface area is 133 Å². The summed E-state index contributed by atoms with van der Waals surface area (Å²) in [5.74, 6) is 0.